The van der Waals surface area contributed by atoms with Gasteiger partial charge >= 0.3 is 0 Å². The second-order valence-corrected chi connectivity index (χ2v) is 19.6. The Bertz CT molecular complexity index is 2530. The molecule has 6 aliphatic carbocycles. The third-order valence-electron chi connectivity index (χ3n) is 16.4. The minimum atomic E-state index is 0.113. The first-order chi connectivity index (χ1) is 26.7. The molecule has 1 heteroatoms. The van der Waals surface area contributed by atoms with Crippen LogP contribution in [-0.2, 0) is 16.2 Å². The van der Waals surface area contributed by atoms with Crippen LogP contribution in [0, 0.1) is 29.1 Å². The van der Waals surface area contributed by atoms with E-state index in [1.807, 2.05) is 0 Å². The first-order valence-electron chi connectivity index (χ1n) is 21.1. The Hall–Kier alpha value is -4.88. The number of benzene rings is 6. The fourth-order valence-corrected chi connectivity index (χ4v) is 14.0. The summed E-state index contributed by atoms with van der Waals surface area (Å²) in [5, 5.41) is 0. The summed E-state index contributed by atoms with van der Waals surface area (Å²) in [6, 6.07) is 53.8. The lowest BCUT2D eigenvalue weighted by molar-refractivity contribution is -0.231. The van der Waals surface area contributed by atoms with E-state index < -0.39 is 0 Å². The van der Waals surface area contributed by atoms with Crippen LogP contribution in [0.5, 0.6) is 0 Å². The van der Waals surface area contributed by atoms with Crippen LogP contribution in [0.2, 0.25) is 0 Å². The zero-order valence-electron chi connectivity index (χ0n) is 32.8. The van der Waals surface area contributed by atoms with E-state index in [9.17, 15) is 0 Å². The van der Waals surface area contributed by atoms with Gasteiger partial charge in [0.2, 0.25) is 0 Å². The molecule has 0 N–H and O–H groups in total. The Morgan fingerprint density at radius 2 is 1.13 bits per heavy atom. The van der Waals surface area contributed by atoms with Gasteiger partial charge in [0.05, 0.1) is 5.69 Å². The maximum atomic E-state index is 2.64. The first kappa shape index (κ1) is 32.4. The Morgan fingerprint density at radius 3 is 1.85 bits per heavy atom. The SMILES string of the molecule is CC1(C)CCC(C)(C)c2cc(N(c3ccc(-c4ccccc4)cc3)c3cccc4c3-c3ccc(-c5ccccc5)cc3C43C4CC5CC6CC3C64C5)ccc21. The monoisotopic (exact) mass is 713 g/mol. The van der Waals surface area contributed by atoms with Crippen LogP contribution < -0.4 is 4.90 Å². The van der Waals surface area contributed by atoms with Gasteiger partial charge in [-0.15, -0.1) is 0 Å². The summed E-state index contributed by atoms with van der Waals surface area (Å²) in [6.45, 7) is 9.80. The molecule has 12 rings (SSSR count). The second-order valence-electron chi connectivity index (χ2n) is 19.6. The zero-order chi connectivity index (χ0) is 36.9. The minimum absolute atomic E-state index is 0.113. The van der Waals surface area contributed by atoms with Crippen molar-refractivity contribution in [1.29, 1.82) is 0 Å². The lowest BCUT2D eigenvalue weighted by atomic mass is 9.27. The summed E-state index contributed by atoms with van der Waals surface area (Å²) >= 11 is 0. The summed E-state index contributed by atoms with van der Waals surface area (Å²) in [6.07, 6.45) is 8.22. The highest BCUT2D eigenvalue weighted by Gasteiger charge is 2.84. The van der Waals surface area contributed by atoms with Crippen molar-refractivity contribution < 1.29 is 0 Å². The lowest BCUT2D eigenvalue weighted by Gasteiger charge is -2.76. The summed E-state index contributed by atoms with van der Waals surface area (Å²) in [5.74, 6) is 3.40. The number of nitrogens with zero attached hydrogens (tertiary/aromatic N) is 1. The Kier molecular flexibility index (Phi) is 6.42. The molecular weight excluding hydrogens is 663 g/mol. The van der Waals surface area contributed by atoms with Crippen molar-refractivity contribution in [2.45, 2.75) is 82.5 Å². The molecule has 0 radical (unpaired) electrons. The van der Waals surface area contributed by atoms with E-state index in [4.69, 9.17) is 0 Å². The first-order valence-corrected chi connectivity index (χ1v) is 21.1. The number of fused-ring (bicyclic) bond motifs is 9. The molecule has 2 spiro atoms. The van der Waals surface area contributed by atoms with Gasteiger partial charge in [0.15, 0.2) is 0 Å². The lowest BCUT2D eigenvalue weighted by Crippen LogP contribution is -2.73. The molecule has 2 bridgehead atoms. The molecule has 6 aromatic rings. The molecule has 4 fully saturated rings. The summed E-state index contributed by atoms with van der Waals surface area (Å²) in [7, 11) is 0. The third-order valence-corrected chi connectivity index (χ3v) is 16.4. The van der Waals surface area contributed by atoms with Gasteiger partial charge in [-0.1, -0.05) is 131 Å². The predicted octanol–water partition coefficient (Wildman–Crippen LogP) is 14.2. The van der Waals surface area contributed by atoms with Gasteiger partial charge in [-0.2, -0.15) is 0 Å². The van der Waals surface area contributed by atoms with E-state index in [0.717, 1.165) is 23.7 Å². The Morgan fingerprint density at radius 1 is 0.491 bits per heavy atom. The van der Waals surface area contributed by atoms with Gasteiger partial charge in [-0.3, -0.25) is 0 Å². The molecule has 0 heterocycles. The molecule has 272 valence electrons. The zero-order valence-corrected chi connectivity index (χ0v) is 32.8. The largest absolute Gasteiger partial charge is 0.310 e. The molecule has 6 atom stereocenters. The van der Waals surface area contributed by atoms with Crippen molar-refractivity contribution in [3.8, 4) is 33.4 Å². The third kappa shape index (κ3) is 4.10. The van der Waals surface area contributed by atoms with Crippen LogP contribution in [0.15, 0.2) is 140 Å². The second kappa shape index (κ2) is 10.9. The van der Waals surface area contributed by atoms with Crippen LogP contribution in [0.3, 0.4) is 0 Å². The van der Waals surface area contributed by atoms with Gasteiger partial charge in [-0.05, 0) is 165 Å². The van der Waals surface area contributed by atoms with E-state index >= 15 is 0 Å². The summed E-state index contributed by atoms with van der Waals surface area (Å²) < 4.78 is 0. The van der Waals surface area contributed by atoms with Crippen molar-refractivity contribution in [2.24, 2.45) is 29.1 Å². The van der Waals surface area contributed by atoms with Crippen LogP contribution in [0.25, 0.3) is 33.4 Å². The van der Waals surface area contributed by atoms with Crippen molar-refractivity contribution >= 4 is 17.1 Å². The Labute approximate surface area is 327 Å². The van der Waals surface area contributed by atoms with Gasteiger partial charge < -0.3 is 4.90 Å². The Balaban J connectivity index is 1.09. The highest BCUT2D eigenvalue weighted by Crippen LogP contribution is 2.90. The van der Waals surface area contributed by atoms with E-state index in [1.54, 1.807) is 11.1 Å². The average molecular weight is 714 g/mol. The van der Waals surface area contributed by atoms with Gasteiger partial charge in [0.1, 0.15) is 0 Å². The molecule has 0 aromatic heterocycles. The fourth-order valence-electron chi connectivity index (χ4n) is 14.0. The normalized spacial score (nSPS) is 29.1. The van der Waals surface area contributed by atoms with Crippen LogP contribution in [0.1, 0.15) is 88.5 Å². The number of rotatable bonds is 5. The molecule has 6 unspecified atom stereocenters. The number of anilines is 3. The highest BCUT2D eigenvalue weighted by atomic mass is 15.1. The maximum Gasteiger partial charge on any atom is 0.0543 e. The fraction of sp³-hybridized carbons (Fsp3) is 0.333. The molecular formula is C54H51N. The van der Waals surface area contributed by atoms with Crippen molar-refractivity contribution in [1.82, 2.24) is 0 Å². The van der Waals surface area contributed by atoms with Crippen LogP contribution >= 0.6 is 0 Å². The highest BCUT2D eigenvalue weighted by molar-refractivity contribution is 5.97. The molecule has 1 nitrogen and oxygen atoms in total. The van der Waals surface area contributed by atoms with E-state index in [1.165, 1.54) is 100 Å². The van der Waals surface area contributed by atoms with Crippen molar-refractivity contribution in [3.05, 3.63) is 162 Å². The van der Waals surface area contributed by atoms with Crippen molar-refractivity contribution in [2.75, 3.05) is 4.90 Å². The van der Waals surface area contributed by atoms with Gasteiger partial charge in [0, 0.05) is 22.4 Å². The topological polar surface area (TPSA) is 3.24 Å². The maximum absolute atomic E-state index is 2.64. The molecule has 4 saturated carbocycles. The standard InChI is InChI=1S/C54H51N/c1-51(2)26-27-52(3,4)46-32-41(23-25-43(46)51)55(40-21-18-37(19-22-40)35-12-7-5-8-13-35)47-17-11-16-44-50(47)42-24-20-38(36-14-9-6-10-15-36)30-45(42)54(44)48-29-34-28-39-31-49(54)53(39,48)33-34/h5-25,30,32,34,39,48-49H,26-29,31,33H2,1-4H3. The number of hydrogen-bond donors (Lipinski definition) is 0. The summed E-state index contributed by atoms with van der Waals surface area (Å²) in [4.78, 5) is 2.62. The van der Waals surface area contributed by atoms with Gasteiger partial charge in [-0.25, -0.2) is 0 Å². The average Bonchev–Trinajstić information content (AvgIpc) is 3.85. The molecule has 6 aliphatic rings. The molecule has 0 aliphatic heterocycles. The molecule has 0 amide bonds. The van der Waals surface area contributed by atoms with Crippen LogP contribution in [0.4, 0.5) is 17.1 Å². The van der Waals surface area contributed by atoms with E-state index in [-0.39, 0.29) is 16.2 Å². The van der Waals surface area contributed by atoms with Gasteiger partial charge in [0.25, 0.3) is 0 Å². The smallest absolute Gasteiger partial charge is 0.0543 e. The predicted molar refractivity (Wildman–Crippen MR) is 228 cm³/mol. The minimum Gasteiger partial charge on any atom is -0.310 e. The van der Waals surface area contributed by atoms with E-state index in [0.29, 0.717) is 5.41 Å². The van der Waals surface area contributed by atoms with E-state index in [2.05, 4.69) is 172 Å². The molecule has 6 aromatic carbocycles. The summed E-state index contributed by atoms with van der Waals surface area (Å²) in [5.41, 5.74) is 19.2. The molecule has 0 saturated heterocycles. The quantitative estimate of drug-likeness (QED) is 0.172. The molecule has 55 heavy (non-hydrogen) atoms. The van der Waals surface area contributed by atoms with Crippen LogP contribution in [-0.4, -0.2) is 0 Å². The van der Waals surface area contributed by atoms with Crippen molar-refractivity contribution in [3.63, 3.8) is 0 Å². The number of hydrogen-bond acceptors (Lipinski definition) is 1.